The first-order valence-corrected chi connectivity index (χ1v) is 14.4. The lowest BCUT2D eigenvalue weighted by Crippen LogP contribution is -2.44. The van der Waals surface area contributed by atoms with E-state index in [1.54, 1.807) is 20.8 Å². The van der Waals surface area contributed by atoms with Gasteiger partial charge in [0.1, 0.15) is 17.7 Å². The summed E-state index contributed by atoms with van der Waals surface area (Å²) in [6.07, 6.45) is 2.97. The Labute approximate surface area is 241 Å². The van der Waals surface area contributed by atoms with Gasteiger partial charge in [0.2, 0.25) is 0 Å². The van der Waals surface area contributed by atoms with E-state index < -0.39 is 47.2 Å². The van der Waals surface area contributed by atoms with Gasteiger partial charge in [-0.05, 0) is 94.5 Å². The highest BCUT2D eigenvalue weighted by Gasteiger charge is 2.44. The summed E-state index contributed by atoms with van der Waals surface area (Å²) in [4.78, 5) is 26.3. The molecule has 0 aromatic heterocycles. The van der Waals surface area contributed by atoms with Crippen LogP contribution in [0.5, 0.6) is 5.75 Å². The number of carbonyl (C=O) groups is 2. The normalized spacial score (nSPS) is 22.9. The van der Waals surface area contributed by atoms with Crippen LogP contribution in [0.15, 0.2) is 36.4 Å². The Balaban J connectivity index is 1.42. The average Bonchev–Trinajstić information content (AvgIpc) is 3.36. The van der Waals surface area contributed by atoms with Crippen LogP contribution in [0.2, 0.25) is 0 Å². The molecule has 1 saturated heterocycles. The average molecular weight is 573 g/mol. The molecule has 1 aliphatic heterocycles. The van der Waals surface area contributed by atoms with Gasteiger partial charge in [0.25, 0.3) is 0 Å². The maximum Gasteiger partial charge on any atom is 0.411 e. The maximum absolute atomic E-state index is 15.7. The number of carbonyl (C=O) groups excluding carboxylic acids is 2. The second-order valence-electron chi connectivity index (χ2n) is 12.1. The second kappa shape index (κ2) is 13.2. The number of nitrogens with zero attached hydrogens (tertiary/aromatic N) is 1. The number of benzene rings is 2. The Kier molecular flexibility index (Phi) is 9.89. The molecule has 2 atom stereocenters. The third-order valence-electron chi connectivity index (χ3n) is 8.00. The zero-order valence-corrected chi connectivity index (χ0v) is 24.7. The fraction of sp³-hybridized carbons (Fsp3) is 0.562. The Morgan fingerprint density at radius 3 is 2.39 bits per heavy atom. The number of halogens is 2. The van der Waals surface area contributed by atoms with Gasteiger partial charge in [-0.25, -0.2) is 18.4 Å². The number of rotatable bonds is 8. The Morgan fingerprint density at radius 2 is 1.73 bits per heavy atom. The summed E-state index contributed by atoms with van der Waals surface area (Å²) >= 11 is 0. The quantitative estimate of drug-likeness (QED) is 0.384. The van der Waals surface area contributed by atoms with E-state index in [0.29, 0.717) is 17.9 Å². The summed E-state index contributed by atoms with van der Waals surface area (Å²) < 4.78 is 46.6. The lowest BCUT2D eigenvalue weighted by molar-refractivity contribution is -0.145. The van der Waals surface area contributed by atoms with Crippen LogP contribution < -0.4 is 10.1 Å². The molecule has 0 radical (unpaired) electrons. The molecule has 0 unspecified atom stereocenters. The first-order chi connectivity index (χ1) is 19.5. The van der Waals surface area contributed by atoms with E-state index in [4.69, 9.17) is 14.2 Å². The second-order valence-corrected chi connectivity index (χ2v) is 12.1. The van der Waals surface area contributed by atoms with Gasteiger partial charge < -0.3 is 19.5 Å². The Bertz CT molecular complexity index is 1220. The van der Waals surface area contributed by atoms with Crippen molar-refractivity contribution in [2.24, 2.45) is 5.92 Å². The van der Waals surface area contributed by atoms with Crippen molar-refractivity contribution in [1.82, 2.24) is 10.2 Å². The third kappa shape index (κ3) is 7.56. The van der Waals surface area contributed by atoms with E-state index >= 15 is 4.39 Å². The minimum atomic E-state index is -0.970. The third-order valence-corrected chi connectivity index (χ3v) is 8.00. The van der Waals surface area contributed by atoms with Crippen molar-refractivity contribution in [2.75, 3.05) is 20.7 Å². The minimum Gasteiger partial charge on any atom is -0.482 e. The summed E-state index contributed by atoms with van der Waals surface area (Å²) in [5.74, 6) is -1.89. The van der Waals surface area contributed by atoms with Gasteiger partial charge in [-0.1, -0.05) is 30.3 Å². The molecular weight excluding hydrogens is 530 g/mol. The molecule has 1 aliphatic carbocycles. The zero-order valence-electron chi connectivity index (χ0n) is 24.7. The molecule has 2 aromatic rings. The van der Waals surface area contributed by atoms with Gasteiger partial charge in [-0.15, -0.1) is 0 Å². The van der Waals surface area contributed by atoms with Crippen molar-refractivity contribution < 1.29 is 32.6 Å². The van der Waals surface area contributed by atoms with Gasteiger partial charge in [0.15, 0.2) is 17.4 Å². The standard InChI is InChI=1S/C32H42F2N2O5/c1-32(2,3)41-31(38)36-19-24(17-27(36)30(37)39-5)40-29-26(33)15-14-22(28(29)34)16-20-10-12-21(13-11-20)25-9-7-6-8-23(25)18-35-4/h6-9,14-15,20-21,24,27,35H,10-13,16-19H2,1-5H3/t20-,21-,24-,27-/m0/s1. The highest BCUT2D eigenvalue weighted by atomic mass is 19.1. The summed E-state index contributed by atoms with van der Waals surface area (Å²) in [7, 11) is 3.17. The van der Waals surface area contributed by atoms with Gasteiger partial charge in [-0.3, -0.25) is 4.90 Å². The van der Waals surface area contributed by atoms with E-state index in [2.05, 4.69) is 29.6 Å². The number of ether oxygens (including phenoxy) is 3. The lowest BCUT2D eigenvalue weighted by Gasteiger charge is -2.30. The van der Waals surface area contributed by atoms with E-state index in [1.165, 1.54) is 35.3 Å². The fourth-order valence-electron chi connectivity index (χ4n) is 6.04. The topological polar surface area (TPSA) is 77.1 Å². The Morgan fingerprint density at radius 1 is 1.02 bits per heavy atom. The number of hydrogen-bond donors (Lipinski definition) is 1. The maximum atomic E-state index is 15.7. The molecule has 9 heteroatoms. The van der Waals surface area contributed by atoms with Crippen LogP contribution in [-0.4, -0.2) is 55.4 Å². The molecule has 7 nitrogen and oxygen atoms in total. The number of nitrogens with one attached hydrogen (secondary N) is 1. The molecule has 1 N–H and O–H groups in total. The van der Waals surface area contributed by atoms with Crippen molar-refractivity contribution in [3.8, 4) is 5.75 Å². The minimum absolute atomic E-state index is 0.0358. The predicted molar refractivity (Wildman–Crippen MR) is 152 cm³/mol. The van der Waals surface area contributed by atoms with Crippen LogP contribution in [0, 0.1) is 17.6 Å². The molecule has 1 saturated carbocycles. The van der Waals surface area contributed by atoms with Crippen LogP contribution in [0.4, 0.5) is 13.6 Å². The molecule has 224 valence electrons. The molecule has 1 amide bonds. The molecule has 41 heavy (non-hydrogen) atoms. The predicted octanol–water partition coefficient (Wildman–Crippen LogP) is 6.13. The van der Waals surface area contributed by atoms with Gasteiger partial charge in [0, 0.05) is 13.0 Å². The van der Waals surface area contributed by atoms with Crippen LogP contribution in [0.3, 0.4) is 0 Å². The number of hydrogen-bond acceptors (Lipinski definition) is 6. The monoisotopic (exact) mass is 572 g/mol. The number of esters is 1. The molecule has 1 heterocycles. The van der Waals surface area contributed by atoms with Gasteiger partial charge in [-0.2, -0.15) is 0 Å². The van der Waals surface area contributed by atoms with Crippen LogP contribution in [0.25, 0.3) is 0 Å². The summed E-state index contributed by atoms with van der Waals surface area (Å²) in [6, 6.07) is 10.3. The van der Waals surface area contributed by atoms with Crippen molar-refractivity contribution >= 4 is 12.1 Å². The van der Waals surface area contributed by atoms with Crippen molar-refractivity contribution in [3.63, 3.8) is 0 Å². The highest BCUT2D eigenvalue weighted by molar-refractivity contribution is 5.82. The first-order valence-electron chi connectivity index (χ1n) is 14.4. The summed E-state index contributed by atoms with van der Waals surface area (Å²) in [5, 5.41) is 3.24. The van der Waals surface area contributed by atoms with Crippen LogP contribution in [-0.2, 0) is 27.2 Å². The molecule has 4 rings (SSSR count). The smallest absolute Gasteiger partial charge is 0.411 e. The van der Waals surface area contributed by atoms with Crippen molar-refractivity contribution in [1.29, 1.82) is 0 Å². The number of methoxy groups -OCH3 is 1. The first kappa shape index (κ1) is 30.8. The van der Waals surface area contributed by atoms with E-state index in [9.17, 15) is 14.0 Å². The molecule has 2 aliphatic rings. The summed E-state index contributed by atoms with van der Waals surface area (Å²) in [5.41, 5.74) is 2.33. The van der Waals surface area contributed by atoms with Crippen LogP contribution >= 0.6 is 0 Å². The van der Waals surface area contributed by atoms with Gasteiger partial charge >= 0.3 is 12.1 Å². The molecule has 0 bridgehead atoms. The van der Waals surface area contributed by atoms with E-state index in [0.717, 1.165) is 32.2 Å². The van der Waals surface area contributed by atoms with Crippen molar-refractivity contribution in [2.45, 2.75) is 89.5 Å². The molecule has 0 spiro atoms. The lowest BCUT2D eigenvalue weighted by atomic mass is 9.75. The van der Waals surface area contributed by atoms with Crippen molar-refractivity contribution in [3.05, 3.63) is 64.7 Å². The number of likely N-dealkylation sites (tertiary alicyclic amines) is 1. The molecule has 2 fully saturated rings. The molecular formula is C32H42F2N2O5. The number of amides is 1. The van der Waals surface area contributed by atoms with Crippen LogP contribution in [0.1, 0.15) is 75.5 Å². The summed E-state index contributed by atoms with van der Waals surface area (Å²) in [6.45, 7) is 5.92. The zero-order chi connectivity index (χ0) is 29.7. The van der Waals surface area contributed by atoms with E-state index in [-0.39, 0.29) is 18.9 Å². The molecule has 2 aromatic carbocycles. The largest absolute Gasteiger partial charge is 0.482 e. The Hall–Kier alpha value is -3.20. The SMILES string of the molecule is CNCc1ccccc1[C@H]1CC[C@H](Cc2ccc(F)c(O[C@H]3C[C@@H](C(=O)OC)N(C(=O)OC(C)(C)C)C3)c2F)CC1. The highest BCUT2D eigenvalue weighted by Crippen LogP contribution is 2.39. The van der Waals surface area contributed by atoms with E-state index in [1.807, 2.05) is 7.05 Å². The fourth-order valence-corrected chi connectivity index (χ4v) is 6.04. The van der Waals surface area contributed by atoms with Gasteiger partial charge in [0.05, 0.1) is 13.7 Å².